The largest absolute Gasteiger partial charge is 0.179 e. The van der Waals surface area contributed by atoms with Gasteiger partial charge in [-0.2, -0.15) is 0 Å². The van der Waals surface area contributed by atoms with Crippen LogP contribution in [0.25, 0.3) is 21.5 Å². The van der Waals surface area contributed by atoms with Crippen LogP contribution in [0.2, 0.25) is 0 Å². The molecule has 0 unspecified atom stereocenters. The molecular formula is C50H38Si2. The Morgan fingerprint density at radius 3 is 0.654 bits per heavy atom. The fourth-order valence-electron chi connectivity index (χ4n) is 8.67. The van der Waals surface area contributed by atoms with Gasteiger partial charge in [-0.1, -0.05) is 231 Å². The number of hydrogen-bond donors (Lipinski definition) is 0. The molecule has 246 valence electrons. The quantitative estimate of drug-likeness (QED) is 0.0939. The van der Waals surface area contributed by atoms with Crippen molar-refractivity contribution in [1.82, 2.24) is 0 Å². The van der Waals surface area contributed by atoms with Crippen LogP contribution in [0.15, 0.2) is 231 Å². The zero-order valence-electron chi connectivity index (χ0n) is 28.9. The lowest BCUT2D eigenvalue weighted by Gasteiger charge is -2.35. The van der Waals surface area contributed by atoms with Gasteiger partial charge in [-0.15, -0.1) is 0 Å². The number of hydrogen-bond acceptors (Lipinski definition) is 0. The Morgan fingerprint density at radius 1 is 0.192 bits per heavy atom. The highest BCUT2D eigenvalue weighted by atomic mass is 28.3. The van der Waals surface area contributed by atoms with Crippen LogP contribution in [0.3, 0.4) is 0 Å². The fourth-order valence-corrected chi connectivity index (χ4v) is 18.2. The normalized spacial score (nSPS) is 11.8. The molecule has 0 amide bonds. The van der Waals surface area contributed by atoms with Crippen LogP contribution >= 0.6 is 0 Å². The molecule has 0 bridgehead atoms. The molecule has 9 aromatic rings. The molecular weight excluding hydrogens is 657 g/mol. The van der Waals surface area contributed by atoms with E-state index in [1.165, 1.54) is 63.0 Å². The van der Waals surface area contributed by atoms with Crippen LogP contribution in [0.4, 0.5) is 0 Å². The van der Waals surface area contributed by atoms with Crippen molar-refractivity contribution in [3.8, 4) is 0 Å². The van der Waals surface area contributed by atoms with Crippen molar-refractivity contribution >= 4 is 79.2 Å². The highest BCUT2D eigenvalue weighted by Crippen LogP contribution is 2.26. The van der Waals surface area contributed by atoms with Crippen LogP contribution < -0.4 is 41.5 Å². The average Bonchev–Trinajstić information content (AvgIpc) is 3.24. The lowest BCUT2D eigenvalue weighted by molar-refractivity contribution is 1.67. The Morgan fingerprint density at radius 2 is 0.423 bits per heavy atom. The molecule has 0 fully saturated rings. The van der Waals surface area contributed by atoms with Crippen molar-refractivity contribution in [3.05, 3.63) is 231 Å². The first-order chi connectivity index (χ1) is 25.8. The van der Waals surface area contributed by atoms with E-state index in [4.69, 9.17) is 0 Å². The van der Waals surface area contributed by atoms with Gasteiger partial charge in [0.05, 0.1) is 0 Å². The number of rotatable bonds is 8. The van der Waals surface area contributed by atoms with E-state index in [1.54, 1.807) is 0 Å². The van der Waals surface area contributed by atoms with Gasteiger partial charge in [0.1, 0.15) is 0 Å². The van der Waals surface area contributed by atoms with Crippen LogP contribution in [0.5, 0.6) is 0 Å². The first-order valence-electron chi connectivity index (χ1n) is 18.1. The van der Waals surface area contributed by atoms with E-state index in [0.29, 0.717) is 0 Å². The molecule has 2 heteroatoms. The summed E-state index contributed by atoms with van der Waals surface area (Å²) in [5.41, 5.74) is 0. The number of fused-ring (bicyclic) bond motifs is 3. The molecule has 0 atom stereocenters. The van der Waals surface area contributed by atoms with Crippen LogP contribution in [-0.4, -0.2) is 16.1 Å². The highest BCUT2D eigenvalue weighted by molar-refractivity contribution is 7.20. The van der Waals surface area contributed by atoms with E-state index in [0.717, 1.165) is 0 Å². The highest BCUT2D eigenvalue weighted by Gasteiger charge is 2.42. The van der Waals surface area contributed by atoms with Crippen LogP contribution in [0, 0.1) is 0 Å². The third-order valence-electron chi connectivity index (χ3n) is 10.9. The minimum absolute atomic E-state index is 1.27. The van der Waals surface area contributed by atoms with Crippen molar-refractivity contribution in [2.24, 2.45) is 0 Å². The molecule has 0 heterocycles. The van der Waals surface area contributed by atoms with E-state index in [1.807, 2.05) is 0 Å². The summed E-state index contributed by atoms with van der Waals surface area (Å²) < 4.78 is 0. The zero-order chi connectivity index (χ0) is 34.8. The van der Waals surface area contributed by atoms with Gasteiger partial charge >= 0.3 is 0 Å². The third-order valence-corrected chi connectivity index (χ3v) is 20.5. The molecule has 0 aromatic heterocycles. The molecule has 9 rings (SSSR count). The molecule has 0 N–H and O–H groups in total. The first-order valence-corrected chi connectivity index (χ1v) is 22.1. The molecule has 9 aromatic carbocycles. The van der Waals surface area contributed by atoms with Gasteiger partial charge in [0.15, 0.2) is 16.1 Å². The molecule has 0 spiro atoms. The standard InChI is InChI=1S/C50H38Si2/c1-7-19-41(20-8-1)51(42-21-9-2-10-22-42,43-23-11-3-12-24-43)47-33-35-49-39(37-47)31-32-40-38-48(34-36-50(40)49)52(44-25-13-4-14-26-44,45-27-15-5-16-28-45)46-29-17-6-18-30-46/h1-38H. The molecule has 0 aliphatic rings. The Bertz CT molecular complexity index is 2210. The lowest BCUT2D eigenvalue weighted by atomic mass is 10.0. The monoisotopic (exact) mass is 694 g/mol. The summed E-state index contributed by atoms with van der Waals surface area (Å²) in [5, 5.41) is 16.2. The van der Waals surface area contributed by atoms with Crippen LogP contribution in [-0.2, 0) is 0 Å². The number of benzene rings is 9. The SMILES string of the molecule is c1ccc([Si](c2ccccc2)(c2ccccc2)c2ccc3c(ccc4cc([Si](c5ccccc5)(c5ccccc5)c5ccccc5)ccc43)c2)cc1. The summed E-state index contributed by atoms with van der Waals surface area (Å²) in [4.78, 5) is 0. The Hall–Kier alpha value is -6.07. The topological polar surface area (TPSA) is 0 Å². The first kappa shape index (κ1) is 31.9. The smallest absolute Gasteiger partial charge is 0.0623 e. The molecule has 52 heavy (non-hydrogen) atoms. The van der Waals surface area contributed by atoms with Gasteiger partial charge in [-0.25, -0.2) is 0 Å². The molecule has 0 aliphatic carbocycles. The molecule has 0 saturated heterocycles. The third kappa shape index (κ3) is 5.19. The van der Waals surface area contributed by atoms with Gasteiger partial charge in [0, 0.05) is 0 Å². The predicted molar refractivity (Wildman–Crippen MR) is 229 cm³/mol. The van der Waals surface area contributed by atoms with Gasteiger partial charge in [0.2, 0.25) is 0 Å². The van der Waals surface area contributed by atoms with Gasteiger partial charge in [0.25, 0.3) is 0 Å². The second-order valence-corrected chi connectivity index (χ2v) is 21.3. The maximum absolute atomic E-state index is 2.63. The summed E-state index contributed by atoms with van der Waals surface area (Å²) >= 11 is 0. The van der Waals surface area contributed by atoms with Crippen molar-refractivity contribution in [3.63, 3.8) is 0 Å². The summed E-state index contributed by atoms with van der Waals surface area (Å²) in [7, 11) is -5.25. The van der Waals surface area contributed by atoms with Gasteiger partial charge in [-0.05, 0) is 63.0 Å². The van der Waals surface area contributed by atoms with Crippen molar-refractivity contribution in [2.75, 3.05) is 0 Å². The van der Waals surface area contributed by atoms with Crippen molar-refractivity contribution in [2.45, 2.75) is 0 Å². The van der Waals surface area contributed by atoms with Gasteiger partial charge in [-0.3, -0.25) is 0 Å². The van der Waals surface area contributed by atoms with E-state index >= 15 is 0 Å². The summed E-state index contributed by atoms with van der Waals surface area (Å²) in [5.74, 6) is 0. The Labute approximate surface area is 308 Å². The minimum atomic E-state index is -2.63. The molecule has 0 radical (unpaired) electrons. The Kier molecular flexibility index (Phi) is 8.32. The van der Waals surface area contributed by atoms with Crippen molar-refractivity contribution < 1.29 is 0 Å². The molecule has 0 saturated carbocycles. The second kappa shape index (κ2) is 13.6. The maximum atomic E-state index is 2.48. The summed E-state index contributed by atoms with van der Waals surface area (Å²) in [6.45, 7) is 0. The fraction of sp³-hybridized carbons (Fsp3) is 0. The van der Waals surface area contributed by atoms with Gasteiger partial charge < -0.3 is 0 Å². The molecule has 0 nitrogen and oxygen atoms in total. The second-order valence-electron chi connectivity index (χ2n) is 13.6. The summed E-state index contributed by atoms with van der Waals surface area (Å²) in [6.07, 6.45) is 0. The minimum Gasteiger partial charge on any atom is -0.0623 e. The van der Waals surface area contributed by atoms with Crippen molar-refractivity contribution in [1.29, 1.82) is 0 Å². The van der Waals surface area contributed by atoms with E-state index in [9.17, 15) is 0 Å². The van der Waals surface area contributed by atoms with E-state index < -0.39 is 16.1 Å². The lowest BCUT2D eigenvalue weighted by Crippen LogP contribution is -2.74. The van der Waals surface area contributed by atoms with E-state index in [-0.39, 0.29) is 0 Å². The van der Waals surface area contributed by atoms with Crippen LogP contribution in [0.1, 0.15) is 0 Å². The zero-order valence-corrected chi connectivity index (χ0v) is 30.9. The Balaban J connectivity index is 1.27. The maximum Gasteiger partial charge on any atom is 0.179 e. The molecule has 0 aliphatic heterocycles. The average molecular weight is 695 g/mol. The predicted octanol–water partition coefficient (Wildman–Crippen LogP) is 6.75. The van der Waals surface area contributed by atoms with E-state index in [2.05, 4.69) is 231 Å². The summed E-state index contributed by atoms with van der Waals surface area (Å²) in [6, 6.07) is 86.4.